The summed E-state index contributed by atoms with van der Waals surface area (Å²) >= 11 is 0. The molecule has 0 spiro atoms. The number of hydrogen-bond acceptors (Lipinski definition) is 4. The van der Waals surface area contributed by atoms with Crippen LogP contribution in [-0.2, 0) is 14.4 Å². The summed E-state index contributed by atoms with van der Waals surface area (Å²) in [7, 11) is 0. The molecule has 0 aromatic carbocycles. The first-order valence-corrected chi connectivity index (χ1v) is 4.59. The van der Waals surface area contributed by atoms with Gasteiger partial charge in [-0.25, -0.2) is 4.79 Å². The van der Waals surface area contributed by atoms with Crippen molar-refractivity contribution in [1.29, 1.82) is 0 Å². The van der Waals surface area contributed by atoms with Gasteiger partial charge >= 0.3 is 5.97 Å². The molecule has 7 nitrogen and oxygen atoms in total. The van der Waals surface area contributed by atoms with Gasteiger partial charge in [0.15, 0.2) is 0 Å². The molecule has 90 valence electrons. The number of aliphatic carboxylic acids is 1. The fraction of sp³-hybridized carbons (Fsp3) is 0.444. The summed E-state index contributed by atoms with van der Waals surface area (Å²) in [6.45, 7) is 1.54. The van der Waals surface area contributed by atoms with E-state index in [1.54, 1.807) is 6.92 Å². The van der Waals surface area contributed by atoms with E-state index in [4.69, 9.17) is 10.2 Å². The normalized spacial score (nSPS) is 12.1. The van der Waals surface area contributed by atoms with Gasteiger partial charge in [0.05, 0.1) is 6.10 Å². The second-order valence-electron chi connectivity index (χ2n) is 3.10. The average Bonchev–Trinajstić information content (AvgIpc) is 2.20. The summed E-state index contributed by atoms with van der Waals surface area (Å²) in [6, 6.07) is 0. The Bertz CT molecular complexity index is 298. The molecule has 1 atom stereocenters. The van der Waals surface area contributed by atoms with E-state index in [1.165, 1.54) is 0 Å². The van der Waals surface area contributed by atoms with Gasteiger partial charge in [-0.2, -0.15) is 0 Å². The zero-order chi connectivity index (χ0) is 12.6. The third kappa shape index (κ3) is 8.70. The lowest BCUT2D eigenvalue weighted by molar-refractivity contribution is -0.131. The van der Waals surface area contributed by atoms with E-state index in [1.807, 2.05) is 5.43 Å². The van der Waals surface area contributed by atoms with Crippen LogP contribution in [0.2, 0.25) is 0 Å². The molecule has 2 amide bonds. The van der Waals surface area contributed by atoms with Crippen molar-refractivity contribution in [3.63, 3.8) is 0 Å². The molecule has 0 saturated carbocycles. The highest BCUT2D eigenvalue weighted by molar-refractivity contribution is 5.94. The van der Waals surface area contributed by atoms with Crippen molar-refractivity contribution in [1.82, 2.24) is 10.9 Å². The lowest BCUT2D eigenvalue weighted by Crippen LogP contribution is -2.40. The SMILES string of the molecule is C[C@H](O)CCC(=O)NNC(=O)C=CC(=O)O. The van der Waals surface area contributed by atoms with Crippen molar-refractivity contribution in [2.24, 2.45) is 0 Å². The summed E-state index contributed by atoms with van der Waals surface area (Å²) in [6.07, 6.45) is 1.19. The van der Waals surface area contributed by atoms with Gasteiger partial charge in [0.25, 0.3) is 5.91 Å². The molecule has 0 heterocycles. The monoisotopic (exact) mass is 230 g/mol. The van der Waals surface area contributed by atoms with Gasteiger partial charge in [0.2, 0.25) is 5.91 Å². The molecule has 0 fully saturated rings. The third-order valence-corrected chi connectivity index (χ3v) is 1.49. The molecule has 4 N–H and O–H groups in total. The Morgan fingerprint density at radius 3 is 2.38 bits per heavy atom. The highest BCUT2D eigenvalue weighted by Gasteiger charge is 2.04. The van der Waals surface area contributed by atoms with Gasteiger partial charge in [0, 0.05) is 18.6 Å². The molecule has 0 radical (unpaired) electrons. The Morgan fingerprint density at radius 1 is 1.25 bits per heavy atom. The first-order valence-electron chi connectivity index (χ1n) is 4.59. The van der Waals surface area contributed by atoms with Crippen LogP contribution in [0.25, 0.3) is 0 Å². The highest BCUT2D eigenvalue weighted by Crippen LogP contribution is 1.94. The minimum Gasteiger partial charge on any atom is -0.478 e. The molecule has 16 heavy (non-hydrogen) atoms. The van der Waals surface area contributed by atoms with Gasteiger partial charge in [-0.15, -0.1) is 0 Å². The predicted octanol–water partition coefficient (Wildman–Crippen LogP) is -1.06. The number of carbonyl (C=O) groups excluding carboxylic acids is 2. The lowest BCUT2D eigenvalue weighted by Gasteiger charge is -2.06. The molecule has 0 aliphatic rings. The number of aliphatic hydroxyl groups is 1. The Labute approximate surface area is 92.1 Å². The summed E-state index contributed by atoms with van der Waals surface area (Å²) in [5, 5.41) is 17.1. The fourth-order valence-corrected chi connectivity index (χ4v) is 0.722. The summed E-state index contributed by atoms with van der Waals surface area (Å²) < 4.78 is 0. The van der Waals surface area contributed by atoms with E-state index in [0.29, 0.717) is 6.08 Å². The van der Waals surface area contributed by atoms with E-state index >= 15 is 0 Å². The Kier molecular flexibility index (Phi) is 6.53. The van der Waals surface area contributed by atoms with Gasteiger partial charge < -0.3 is 10.2 Å². The predicted molar refractivity (Wildman–Crippen MR) is 54.0 cm³/mol. The van der Waals surface area contributed by atoms with Crippen LogP contribution in [0.5, 0.6) is 0 Å². The Morgan fingerprint density at radius 2 is 1.88 bits per heavy atom. The van der Waals surface area contributed by atoms with Gasteiger partial charge in [-0.3, -0.25) is 20.4 Å². The fourth-order valence-electron chi connectivity index (χ4n) is 0.722. The summed E-state index contributed by atoms with van der Waals surface area (Å²) in [5.74, 6) is -2.46. The number of carboxylic acids is 1. The highest BCUT2D eigenvalue weighted by atomic mass is 16.4. The summed E-state index contributed by atoms with van der Waals surface area (Å²) in [5.41, 5.74) is 4.06. The van der Waals surface area contributed by atoms with E-state index in [2.05, 4.69) is 5.43 Å². The van der Waals surface area contributed by atoms with Crippen LogP contribution in [-0.4, -0.2) is 34.1 Å². The van der Waals surface area contributed by atoms with Gasteiger partial charge in [0.1, 0.15) is 0 Å². The molecule has 0 rings (SSSR count). The molecule has 7 heteroatoms. The molecule has 0 bridgehead atoms. The number of amides is 2. The van der Waals surface area contributed by atoms with Crippen LogP contribution in [0.15, 0.2) is 12.2 Å². The minimum absolute atomic E-state index is 0.0700. The van der Waals surface area contributed by atoms with Gasteiger partial charge in [-0.1, -0.05) is 0 Å². The number of nitrogens with one attached hydrogen (secondary N) is 2. The Hall–Kier alpha value is -1.89. The van der Waals surface area contributed by atoms with Crippen LogP contribution < -0.4 is 10.9 Å². The van der Waals surface area contributed by atoms with Crippen molar-refractivity contribution in [2.75, 3.05) is 0 Å². The van der Waals surface area contributed by atoms with Crippen LogP contribution in [0.3, 0.4) is 0 Å². The number of hydrazine groups is 1. The first kappa shape index (κ1) is 14.1. The number of rotatable bonds is 5. The maximum atomic E-state index is 11.0. The van der Waals surface area contributed by atoms with Crippen molar-refractivity contribution in [3.8, 4) is 0 Å². The maximum absolute atomic E-state index is 11.0. The number of hydrogen-bond donors (Lipinski definition) is 4. The van der Waals surface area contributed by atoms with E-state index in [-0.39, 0.29) is 12.8 Å². The maximum Gasteiger partial charge on any atom is 0.328 e. The average molecular weight is 230 g/mol. The van der Waals surface area contributed by atoms with E-state index in [0.717, 1.165) is 6.08 Å². The first-order chi connectivity index (χ1) is 7.41. The van der Waals surface area contributed by atoms with E-state index in [9.17, 15) is 14.4 Å². The molecule has 0 aliphatic heterocycles. The molecular weight excluding hydrogens is 216 g/mol. The molecular formula is C9H14N2O5. The van der Waals surface area contributed by atoms with Crippen LogP contribution in [0.4, 0.5) is 0 Å². The second kappa shape index (κ2) is 7.41. The molecule has 0 saturated heterocycles. The Balaban J connectivity index is 3.75. The molecule has 0 aromatic rings. The molecule has 0 aliphatic carbocycles. The van der Waals surface area contributed by atoms with Crippen molar-refractivity contribution >= 4 is 17.8 Å². The smallest absolute Gasteiger partial charge is 0.328 e. The van der Waals surface area contributed by atoms with Crippen molar-refractivity contribution < 1.29 is 24.6 Å². The molecule has 0 unspecified atom stereocenters. The zero-order valence-electron chi connectivity index (χ0n) is 8.77. The number of carbonyl (C=O) groups is 3. The van der Waals surface area contributed by atoms with Gasteiger partial charge in [-0.05, 0) is 13.3 Å². The molecule has 0 aromatic heterocycles. The van der Waals surface area contributed by atoms with Crippen molar-refractivity contribution in [2.45, 2.75) is 25.9 Å². The summed E-state index contributed by atoms with van der Waals surface area (Å²) in [4.78, 5) is 31.9. The third-order valence-electron chi connectivity index (χ3n) is 1.49. The largest absolute Gasteiger partial charge is 0.478 e. The topological polar surface area (TPSA) is 116 Å². The lowest BCUT2D eigenvalue weighted by atomic mass is 10.2. The minimum atomic E-state index is -1.25. The van der Waals surface area contributed by atoms with Crippen LogP contribution in [0, 0.1) is 0 Å². The zero-order valence-corrected chi connectivity index (χ0v) is 8.77. The van der Waals surface area contributed by atoms with Crippen molar-refractivity contribution in [3.05, 3.63) is 12.2 Å². The standard InChI is InChI=1S/C9H14N2O5/c1-6(12)2-3-7(13)10-11-8(14)4-5-9(15)16/h4-6,12H,2-3H2,1H3,(H,10,13)(H,11,14)(H,15,16)/t6-/m0/s1. The number of carboxylic acid groups (broad SMARTS) is 1. The second-order valence-corrected chi connectivity index (χ2v) is 3.10. The van der Waals surface area contributed by atoms with Crippen LogP contribution >= 0.6 is 0 Å². The van der Waals surface area contributed by atoms with Crippen LogP contribution in [0.1, 0.15) is 19.8 Å². The number of aliphatic hydroxyl groups excluding tert-OH is 1. The van der Waals surface area contributed by atoms with E-state index < -0.39 is 23.9 Å². The quantitative estimate of drug-likeness (QED) is 0.355.